The van der Waals surface area contributed by atoms with Crippen molar-refractivity contribution in [1.82, 2.24) is 0 Å². The first-order chi connectivity index (χ1) is 9.19. The molecule has 0 atom stereocenters. The lowest BCUT2D eigenvalue weighted by Gasteiger charge is -2.06. The lowest BCUT2D eigenvalue weighted by atomic mass is 10.2. The lowest BCUT2D eigenvalue weighted by Crippen LogP contribution is -1.93. The van der Waals surface area contributed by atoms with E-state index in [0.717, 1.165) is 5.69 Å². The zero-order chi connectivity index (χ0) is 13.7. The molecule has 0 aliphatic carbocycles. The van der Waals surface area contributed by atoms with Crippen molar-refractivity contribution in [2.75, 3.05) is 18.1 Å². The number of nitrogen functional groups attached to an aromatic ring is 2. The van der Waals surface area contributed by atoms with E-state index in [1.807, 2.05) is 6.92 Å². The van der Waals surface area contributed by atoms with Gasteiger partial charge in [-0.2, -0.15) is 5.11 Å². The number of nitrogens with two attached hydrogens (primary N) is 2. The van der Waals surface area contributed by atoms with Crippen molar-refractivity contribution in [2.45, 2.75) is 6.92 Å². The summed E-state index contributed by atoms with van der Waals surface area (Å²) in [6, 6.07) is 12.4. The fraction of sp³-hybridized carbons (Fsp3) is 0.143. The first-order valence-corrected chi connectivity index (χ1v) is 5.98. The number of hydrogen-bond acceptors (Lipinski definition) is 5. The molecule has 2 aromatic carbocycles. The molecule has 19 heavy (non-hydrogen) atoms. The molecule has 0 aliphatic rings. The molecule has 0 bridgehead atoms. The number of anilines is 2. The van der Waals surface area contributed by atoms with E-state index in [4.69, 9.17) is 16.2 Å². The van der Waals surface area contributed by atoms with Gasteiger partial charge in [-0.3, -0.25) is 0 Å². The van der Waals surface area contributed by atoms with Crippen molar-refractivity contribution in [3.8, 4) is 5.75 Å². The van der Waals surface area contributed by atoms with Crippen molar-refractivity contribution in [3.05, 3.63) is 42.5 Å². The number of azo groups is 1. The van der Waals surface area contributed by atoms with Gasteiger partial charge in [0.15, 0.2) is 0 Å². The van der Waals surface area contributed by atoms with Crippen LogP contribution in [0.25, 0.3) is 0 Å². The largest absolute Gasteiger partial charge is 0.491 e. The summed E-state index contributed by atoms with van der Waals surface area (Å²) in [4.78, 5) is 0. The average molecular weight is 256 g/mol. The zero-order valence-electron chi connectivity index (χ0n) is 10.7. The van der Waals surface area contributed by atoms with Gasteiger partial charge in [-0.05, 0) is 43.3 Å². The van der Waals surface area contributed by atoms with E-state index in [1.165, 1.54) is 0 Å². The Bertz CT molecular complexity index is 578. The lowest BCUT2D eigenvalue weighted by molar-refractivity contribution is 0.341. The van der Waals surface area contributed by atoms with Gasteiger partial charge in [-0.15, -0.1) is 5.11 Å². The molecule has 2 aromatic rings. The second-order valence-corrected chi connectivity index (χ2v) is 3.95. The number of benzene rings is 2. The Labute approximate surface area is 111 Å². The third-order valence-corrected chi connectivity index (χ3v) is 2.45. The fourth-order valence-corrected chi connectivity index (χ4v) is 1.54. The molecule has 0 unspecified atom stereocenters. The van der Waals surface area contributed by atoms with E-state index in [9.17, 15) is 0 Å². The molecule has 0 saturated carbocycles. The van der Waals surface area contributed by atoms with E-state index < -0.39 is 0 Å². The van der Waals surface area contributed by atoms with Crippen LogP contribution in [0.1, 0.15) is 6.92 Å². The van der Waals surface area contributed by atoms with Gasteiger partial charge >= 0.3 is 0 Å². The predicted molar refractivity (Wildman–Crippen MR) is 77.1 cm³/mol. The summed E-state index contributed by atoms with van der Waals surface area (Å²) in [6.45, 7) is 2.46. The molecule has 98 valence electrons. The minimum atomic E-state index is 0.549. The highest BCUT2D eigenvalue weighted by molar-refractivity contribution is 5.59. The van der Waals surface area contributed by atoms with Gasteiger partial charge in [-0.25, -0.2) is 0 Å². The zero-order valence-corrected chi connectivity index (χ0v) is 10.7. The van der Waals surface area contributed by atoms with Gasteiger partial charge < -0.3 is 16.2 Å². The first-order valence-electron chi connectivity index (χ1n) is 5.98. The van der Waals surface area contributed by atoms with Crippen LogP contribution in [0, 0.1) is 0 Å². The number of ether oxygens (including phenoxy) is 1. The summed E-state index contributed by atoms with van der Waals surface area (Å²) in [5.41, 5.74) is 14.0. The van der Waals surface area contributed by atoms with Crippen LogP contribution in [0.15, 0.2) is 52.7 Å². The molecule has 0 aromatic heterocycles. The Morgan fingerprint density at radius 2 is 1.63 bits per heavy atom. The minimum absolute atomic E-state index is 0.549. The minimum Gasteiger partial charge on any atom is -0.491 e. The van der Waals surface area contributed by atoms with Crippen molar-refractivity contribution in [2.24, 2.45) is 10.2 Å². The normalized spacial score (nSPS) is 10.8. The SMILES string of the molecule is CCOc1cc(N)ccc1N=Nc1ccc(N)cc1. The number of nitrogens with zero attached hydrogens (tertiary/aromatic N) is 2. The van der Waals surface area contributed by atoms with Crippen LogP contribution in [0.2, 0.25) is 0 Å². The molecule has 5 heteroatoms. The van der Waals surface area contributed by atoms with Gasteiger partial charge in [0.1, 0.15) is 11.4 Å². The van der Waals surface area contributed by atoms with Gasteiger partial charge in [0.2, 0.25) is 0 Å². The maximum absolute atomic E-state index is 5.72. The molecule has 0 heterocycles. The second-order valence-electron chi connectivity index (χ2n) is 3.95. The molecule has 0 amide bonds. The molecule has 0 radical (unpaired) electrons. The molecule has 5 nitrogen and oxygen atoms in total. The highest BCUT2D eigenvalue weighted by atomic mass is 16.5. The van der Waals surface area contributed by atoms with E-state index in [1.54, 1.807) is 42.5 Å². The molecule has 0 aliphatic heterocycles. The Morgan fingerprint density at radius 1 is 0.947 bits per heavy atom. The van der Waals surface area contributed by atoms with Gasteiger partial charge in [-0.1, -0.05) is 0 Å². The molecule has 2 rings (SSSR count). The van der Waals surface area contributed by atoms with Crippen molar-refractivity contribution in [1.29, 1.82) is 0 Å². The average Bonchev–Trinajstić information content (AvgIpc) is 2.40. The maximum Gasteiger partial charge on any atom is 0.148 e. The standard InChI is InChI=1S/C14H16N4O/c1-2-19-14-9-11(16)5-8-13(14)18-17-12-6-3-10(15)4-7-12/h3-9H,2,15-16H2,1H3. The van der Waals surface area contributed by atoms with E-state index in [0.29, 0.717) is 29.4 Å². The molecule has 4 N–H and O–H groups in total. The highest BCUT2D eigenvalue weighted by Crippen LogP contribution is 2.31. The number of hydrogen-bond donors (Lipinski definition) is 2. The smallest absolute Gasteiger partial charge is 0.148 e. The van der Waals surface area contributed by atoms with Crippen LogP contribution in [0.5, 0.6) is 5.75 Å². The summed E-state index contributed by atoms with van der Waals surface area (Å²) in [7, 11) is 0. The fourth-order valence-electron chi connectivity index (χ4n) is 1.54. The molecule has 0 saturated heterocycles. The van der Waals surface area contributed by atoms with Gasteiger partial charge in [0, 0.05) is 17.4 Å². The second kappa shape index (κ2) is 5.86. The predicted octanol–water partition coefficient (Wildman–Crippen LogP) is 3.67. The highest BCUT2D eigenvalue weighted by Gasteiger charge is 2.03. The Morgan fingerprint density at radius 3 is 2.32 bits per heavy atom. The summed E-state index contributed by atoms with van der Waals surface area (Å²) in [5, 5.41) is 8.31. The van der Waals surface area contributed by atoms with E-state index in [2.05, 4.69) is 10.2 Å². The summed E-state index contributed by atoms with van der Waals surface area (Å²) >= 11 is 0. The van der Waals surface area contributed by atoms with Crippen molar-refractivity contribution < 1.29 is 4.74 Å². The van der Waals surface area contributed by atoms with Crippen LogP contribution in [-0.4, -0.2) is 6.61 Å². The van der Waals surface area contributed by atoms with Crippen LogP contribution < -0.4 is 16.2 Å². The van der Waals surface area contributed by atoms with Crippen LogP contribution in [0.4, 0.5) is 22.7 Å². The van der Waals surface area contributed by atoms with Crippen LogP contribution in [-0.2, 0) is 0 Å². The maximum atomic E-state index is 5.72. The van der Waals surface area contributed by atoms with Gasteiger partial charge in [0.25, 0.3) is 0 Å². The van der Waals surface area contributed by atoms with E-state index >= 15 is 0 Å². The van der Waals surface area contributed by atoms with Crippen molar-refractivity contribution in [3.63, 3.8) is 0 Å². The van der Waals surface area contributed by atoms with Crippen LogP contribution in [0.3, 0.4) is 0 Å². The Balaban J connectivity index is 2.24. The molecule has 0 spiro atoms. The van der Waals surface area contributed by atoms with Crippen LogP contribution >= 0.6 is 0 Å². The van der Waals surface area contributed by atoms with Crippen molar-refractivity contribution >= 4 is 22.7 Å². The molecular formula is C14H16N4O. The Kier molecular flexibility index (Phi) is 3.97. The third kappa shape index (κ3) is 3.45. The first kappa shape index (κ1) is 12.9. The summed E-state index contributed by atoms with van der Waals surface area (Å²) in [6.07, 6.45) is 0. The summed E-state index contributed by atoms with van der Waals surface area (Å²) in [5.74, 6) is 0.627. The van der Waals surface area contributed by atoms with Gasteiger partial charge in [0.05, 0.1) is 12.3 Å². The van der Waals surface area contributed by atoms with E-state index in [-0.39, 0.29) is 0 Å². The molecular weight excluding hydrogens is 240 g/mol. The monoisotopic (exact) mass is 256 g/mol. The Hall–Kier alpha value is -2.56. The topological polar surface area (TPSA) is 86.0 Å². The number of rotatable bonds is 4. The molecule has 0 fully saturated rings. The third-order valence-electron chi connectivity index (χ3n) is 2.45. The summed E-state index contributed by atoms with van der Waals surface area (Å²) < 4.78 is 5.47. The quantitative estimate of drug-likeness (QED) is 0.646.